The summed E-state index contributed by atoms with van der Waals surface area (Å²) in [5.74, 6) is 0. The van der Waals surface area contributed by atoms with Crippen LogP contribution in [0.3, 0.4) is 0 Å². The predicted octanol–water partition coefficient (Wildman–Crippen LogP) is 20.7. The highest BCUT2D eigenvalue weighted by Crippen LogP contribution is 2.55. The van der Waals surface area contributed by atoms with E-state index in [4.69, 9.17) is 0 Å². The zero-order valence-electron chi connectivity index (χ0n) is 53.4. The molecular formula is C84H75BN4. The Hall–Kier alpha value is -9.94. The summed E-state index contributed by atoms with van der Waals surface area (Å²) in [6.07, 6.45) is 0. The number of nitriles is 2. The molecule has 89 heavy (non-hydrogen) atoms. The van der Waals surface area contributed by atoms with E-state index in [-0.39, 0.29) is 21.7 Å². The van der Waals surface area contributed by atoms with Gasteiger partial charge in [0.1, 0.15) is 12.1 Å². The minimum Gasteiger partial charge on any atom is -0.309 e. The summed E-state index contributed by atoms with van der Waals surface area (Å²) < 4.78 is 0. The van der Waals surface area contributed by atoms with Crippen molar-refractivity contribution in [3.8, 4) is 78.9 Å². The van der Waals surface area contributed by atoms with E-state index in [1.54, 1.807) is 0 Å². The van der Waals surface area contributed by atoms with Crippen LogP contribution in [-0.4, -0.2) is 6.71 Å². The molecule has 434 valence electrons. The van der Waals surface area contributed by atoms with Crippen molar-refractivity contribution in [3.05, 3.63) is 270 Å². The zero-order chi connectivity index (χ0) is 62.3. The summed E-state index contributed by atoms with van der Waals surface area (Å²) in [6, 6.07) is 91.7. The topological polar surface area (TPSA) is 54.1 Å². The van der Waals surface area contributed by atoms with Gasteiger partial charge in [0.25, 0.3) is 6.71 Å². The molecule has 0 amide bonds. The van der Waals surface area contributed by atoms with Gasteiger partial charge < -0.3 is 9.80 Å². The van der Waals surface area contributed by atoms with Crippen molar-refractivity contribution in [2.45, 2.75) is 105 Å². The second kappa shape index (κ2) is 22.0. The third-order valence-electron chi connectivity index (χ3n) is 18.3. The molecule has 0 aromatic heterocycles. The van der Waals surface area contributed by atoms with Gasteiger partial charge in [-0.1, -0.05) is 301 Å². The molecular weight excluding hydrogens is 1080 g/mol. The molecule has 2 heterocycles. The highest BCUT2D eigenvalue weighted by atomic mass is 15.2. The van der Waals surface area contributed by atoms with Crippen LogP contribution in [0.25, 0.3) is 66.8 Å². The van der Waals surface area contributed by atoms with Gasteiger partial charge in [-0.25, -0.2) is 0 Å². The molecule has 2 aliphatic rings. The quantitative estimate of drug-likeness (QED) is 0.142. The van der Waals surface area contributed by atoms with Crippen LogP contribution in [-0.2, 0) is 21.7 Å². The molecule has 0 saturated heterocycles. The fraction of sp³-hybridized carbons (Fsp3) is 0.190. The van der Waals surface area contributed by atoms with Gasteiger partial charge in [-0.05, 0) is 123 Å². The van der Waals surface area contributed by atoms with Gasteiger partial charge in [0.2, 0.25) is 0 Å². The number of hydrogen-bond donors (Lipinski definition) is 0. The maximum Gasteiger partial charge on any atom is 0.252 e. The van der Waals surface area contributed by atoms with E-state index in [2.05, 4.69) is 336 Å². The Bertz CT molecular complexity index is 4180. The average Bonchev–Trinajstić information content (AvgIpc) is 0.697. The van der Waals surface area contributed by atoms with Crippen molar-refractivity contribution in [1.82, 2.24) is 0 Å². The molecule has 0 unspecified atom stereocenters. The van der Waals surface area contributed by atoms with Gasteiger partial charge in [0.05, 0.1) is 33.9 Å². The van der Waals surface area contributed by atoms with E-state index >= 15 is 0 Å². The SMILES string of the molecule is CC(C)(C)c1cc(-c2ccc3c(c2)N(c2c(-c4ccccc4)cccc2-c2ccccc2)c2c(C#N)cc(C#N)c4c2B3c2ccc(-c3cc(C(C)(C)C)cc(C(C)(C)C)c3)cc2N4c2c(-c3ccccc3)cccc2-c2ccccc2)cc(C(C)(C)C)c1. The van der Waals surface area contributed by atoms with Gasteiger partial charge in [-0.15, -0.1) is 0 Å². The molecule has 0 radical (unpaired) electrons. The Morgan fingerprint density at radius 2 is 0.573 bits per heavy atom. The first kappa shape index (κ1) is 58.1. The van der Waals surface area contributed by atoms with Crippen LogP contribution < -0.4 is 26.2 Å². The van der Waals surface area contributed by atoms with E-state index in [0.29, 0.717) is 11.1 Å². The maximum absolute atomic E-state index is 12.1. The Kier molecular flexibility index (Phi) is 14.4. The summed E-state index contributed by atoms with van der Waals surface area (Å²) in [7, 11) is 0. The first-order valence-corrected chi connectivity index (χ1v) is 31.3. The van der Waals surface area contributed by atoms with Gasteiger partial charge >= 0.3 is 0 Å². The van der Waals surface area contributed by atoms with Crippen molar-refractivity contribution in [2.24, 2.45) is 0 Å². The second-order valence-electron chi connectivity index (χ2n) is 28.4. The third-order valence-corrected chi connectivity index (χ3v) is 18.3. The van der Waals surface area contributed by atoms with E-state index in [1.165, 1.54) is 22.3 Å². The lowest BCUT2D eigenvalue weighted by Crippen LogP contribution is -2.62. The highest BCUT2D eigenvalue weighted by molar-refractivity contribution is 7.00. The number of fused-ring (bicyclic) bond motifs is 4. The first-order valence-electron chi connectivity index (χ1n) is 31.3. The van der Waals surface area contributed by atoms with Crippen molar-refractivity contribution < 1.29 is 0 Å². The summed E-state index contributed by atoms with van der Waals surface area (Å²) in [5.41, 5.74) is 26.5. The predicted molar refractivity (Wildman–Crippen MR) is 377 cm³/mol. The number of benzene rings is 11. The number of hydrogen-bond acceptors (Lipinski definition) is 4. The van der Waals surface area contributed by atoms with Gasteiger partial charge in [0, 0.05) is 33.6 Å². The largest absolute Gasteiger partial charge is 0.309 e. The van der Waals surface area contributed by atoms with E-state index < -0.39 is 6.71 Å². The van der Waals surface area contributed by atoms with Crippen LogP contribution in [0.15, 0.2) is 237 Å². The molecule has 11 aromatic rings. The van der Waals surface area contributed by atoms with Crippen LogP contribution in [0, 0.1) is 22.7 Å². The molecule has 0 N–H and O–H groups in total. The molecule has 0 fully saturated rings. The third kappa shape index (κ3) is 10.4. The number of rotatable bonds is 8. The van der Waals surface area contributed by atoms with E-state index in [9.17, 15) is 10.5 Å². The molecule has 0 spiro atoms. The van der Waals surface area contributed by atoms with Crippen molar-refractivity contribution in [2.75, 3.05) is 9.80 Å². The van der Waals surface area contributed by atoms with E-state index in [1.807, 2.05) is 6.07 Å². The Labute approximate surface area is 528 Å². The number of anilines is 6. The average molecular weight is 1150 g/mol. The van der Waals surface area contributed by atoms with Crippen LogP contribution >= 0.6 is 0 Å². The lowest BCUT2D eigenvalue weighted by Gasteiger charge is -2.46. The van der Waals surface area contributed by atoms with Crippen molar-refractivity contribution in [1.29, 1.82) is 10.5 Å². The minimum atomic E-state index is -0.439. The minimum absolute atomic E-state index is 0.122. The van der Waals surface area contributed by atoms with Crippen LogP contribution in [0.5, 0.6) is 0 Å². The smallest absolute Gasteiger partial charge is 0.252 e. The van der Waals surface area contributed by atoms with E-state index in [0.717, 1.165) is 117 Å². The zero-order valence-corrected chi connectivity index (χ0v) is 53.4. The molecule has 11 aromatic carbocycles. The summed E-state index contributed by atoms with van der Waals surface area (Å²) in [5, 5.41) is 24.2. The summed E-state index contributed by atoms with van der Waals surface area (Å²) >= 11 is 0. The van der Waals surface area contributed by atoms with Crippen LogP contribution in [0.4, 0.5) is 34.1 Å². The monoisotopic (exact) mass is 1150 g/mol. The molecule has 4 nitrogen and oxygen atoms in total. The normalized spacial score (nSPS) is 12.9. The van der Waals surface area contributed by atoms with Crippen LogP contribution in [0.1, 0.15) is 116 Å². The Morgan fingerprint density at radius 3 is 0.843 bits per heavy atom. The van der Waals surface area contributed by atoms with Crippen LogP contribution in [0.2, 0.25) is 0 Å². The molecule has 0 aliphatic carbocycles. The maximum atomic E-state index is 12.1. The van der Waals surface area contributed by atoms with Gasteiger partial charge in [0.15, 0.2) is 0 Å². The molecule has 5 heteroatoms. The Morgan fingerprint density at radius 1 is 0.281 bits per heavy atom. The lowest BCUT2D eigenvalue weighted by atomic mass is 9.33. The first-order chi connectivity index (χ1) is 42.6. The standard InChI is InChI=1S/C84H75BN4/c1-81(2,3)64-44-60(45-65(50-64)82(4,5)6)58-39-41-72-74(48-58)88(79-68(54-27-17-13-18-28-54)35-25-36-69(79)55-29-19-14-20-30-55)77-62(52-86)43-63(53-87)78-76(77)85(72)73-42-40-59(61-46-66(83(7,8)9)51-67(47-61)84(10,11)12)49-75(73)89(78)80-70(56-31-21-15-22-32-56)37-26-38-71(80)57-33-23-16-24-34-57/h13-51H,1-12H3. The molecule has 0 saturated carbocycles. The fourth-order valence-corrected chi connectivity index (χ4v) is 13.4. The summed E-state index contributed by atoms with van der Waals surface area (Å²) in [4.78, 5) is 4.84. The number of para-hydroxylation sites is 2. The van der Waals surface area contributed by atoms with Gasteiger partial charge in [-0.2, -0.15) is 10.5 Å². The second-order valence-corrected chi connectivity index (χ2v) is 28.4. The highest BCUT2D eigenvalue weighted by Gasteiger charge is 2.47. The number of nitrogens with zero attached hydrogens (tertiary/aromatic N) is 4. The molecule has 0 atom stereocenters. The Balaban J connectivity index is 1.22. The molecule has 2 aliphatic heterocycles. The van der Waals surface area contributed by atoms with Gasteiger partial charge in [-0.3, -0.25) is 0 Å². The van der Waals surface area contributed by atoms with Crippen molar-refractivity contribution in [3.63, 3.8) is 0 Å². The van der Waals surface area contributed by atoms with Crippen molar-refractivity contribution >= 4 is 57.2 Å². The fourth-order valence-electron chi connectivity index (χ4n) is 13.4. The lowest BCUT2D eigenvalue weighted by molar-refractivity contribution is 0.568. The molecule has 0 bridgehead atoms. The molecule has 13 rings (SSSR count). The summed E-state index contributed by atoms with van der Waals surface area (Å²) in [6.45, 7) is 27.1.